The van der Waals surface area contributed by atoms with E-state index in [1.807, 2.05) is 6.92 Å². The van der Waals surface area contributed by atoms with Crippen LogP contribution in [0.2, 0.25) is 0 Å². The van der Waals surface area contributed by atoms with Gasteiger partial charge in [-0.1, -0.05) is 6.92 Å². The second kappa shape index (κ2) is 7.41. The minimum Gasteiger partial charge on any atom is -0.380 e. The average Bonchev–Trinajstić information content (AvgIpc) is 3.38. The zero-order chi connectivity index (χ0) is 23.5. The van der Waals surface area contributed by atoms with Crippen LogP contribution in [0.1, 0.15) is 85.0 Å². The third-order valence-electron chi connectivity index (χ3n) is 12.5. The van der Waals surface area contributed by atoms with Gasteiger partial charge in [-0.25, -0.2) is 0 Å². The van der Waals surface area contributed by atoms with Crippen LogP contribution in [0.4, 0.5) is 0 Å². The van der Waals surface area contributed by atoms with Gasteiger partial charge in [0.05, 0.1) is 36.6 Å². The fourth-order valence-corrected chi connectivity index (χ4v) is 10.8. The lowest BCUT2D eigenvalue weighted by Gasteiger charge is -2.64. The summed E-state index contributed by atoms with van der Waals surface area (Å²) in [5.74, 6) is 2.54. The average molecular weight is 476 g/mol. The summed E-state index contributed by atoms with van der Waals surface area (Å²) in [5.41, 5.74) is 7.07. The van der Waals surface area contributed by atoms with Gasteiger partial charge in [-0.15, -0.1) is 0 Å². The Morgan fingerprint density at radius 2 is 1.79 bits per heavy atom. The first-order valence-corrected chi connectivity index (χ1v) is 14.2. The maximum atomic E-state index is 7.00. The lowest BCUT2D eigenvalue weighted by molar-refractivity contribution is -0.333. The van der Waals surface area contributed by atoms with Crippen molar-refractivity contribution in [1.82, 2.24) is 0 Å². The molecule has 0 aromatic rings. The molecule has 34 heavy (non-hydrogen) atoms. The summed E-state index contributed by atoms with van der Waals surface area (Å²) in [6, 6.07) is -0.0836. The lowest BCUT2D eigenvalue weighted by Crippen LogP contribution is -2.64. The van der Waals surface area contributed by atoms with E-state index >= 15 is 0 Å². The quantitative estimate of drug-likeness (QED) is 0.611. The van der Waals surface area contributed by atoms with Gasteiger partial charge in [-0.05, 0) is 94.8 Å². The Labute approximate surface area is 204 Å². The molecule has 7 aliphatic rings. The molecule has 6 nitrogen and oxygen atoms in total. The molecular weight excluding hydrogens is 430 g/mol. The number of nitrogens with two attached hydrogens (primary N) is 1. The molecular formula is C28H45NO5. The molecule has 7 fully saturated rings. The molecule has 4 saturated carbocycles. The van der Waals surface area contributed by atoms with Crippen molar-refractivity contribution in [3.8, 4) is 0 Å². The fraction of sp³-hybridized carbons (Fsp3) is 1.00. The Morgan fingerprint density at radius 3 is 2.62 bits per heavy atom. The van der Waals surface area contributed by atoms with Crippen molar-refractivity contribution >= 4 is 0 Å². The number of hydrogen-bond acceptors (Lipinski definition) is 6. The molecule has 3 saturated heterocycles. The summed E-state index contributed by atoms with van der Waals surface area (Å²) in [6.07, 6.45) is 12.2. The molecule has 1 spiro atoms. The summed E-state index contributed by atoms with van der Waals surface area (Å²) in [7, 11) is 1.75. The number of rotatable bonds is 3. The molecule has 4 bridgehead atoms. The van der Waals surface area contributed by atoms with Crippen LogP contribution >= 0.6 is 0 Å². The van der Waals surface area contributed by atoms with E-state index in [2.05, 4.69) is 13.8 Å². The van der Waals surface area contributed by atoms with Crippen molar-refractivity contribution in [1.29, 1.82) is 0 Å². The van der Waals surface area contributed by atoms with Gasteiger partial charge in [-0.2, -0.15) is 0 Å². The minimum absolute atomic E-state index is 0.00896. The Hall–Kier alpha value is -0.240. The van der Waals surface area contributed by atoms with E-state index in [1.165, 1.54) is 51.4 Å². The molecule has 0 radical (unpaired) electrons. The molecule has 7 rings (SSSR count). The van der Waals surface area contributed by atoms with Crippen LogP contribution in [-0.2, 0) is 23.7 Å². The highest BCUT2D eigenvalue weighted by atomic mass is 16.7. The van der Waals surface area contributed by atoms with Crippen molar-refractivity contribution < 1.29 is 23.7 Å². The molecule has 13 atom stereocenters. The van der Waals surface area contributed by atoms with E-state index in [9.17, 15) is 0 Å². The van der Waals surface area contributed by atoms with Crippen LogP contribution in [0.5, 0.6) is 0 Å². The first kappa shape index (κ1) is 22.9. The Balaban J connectivity index is 1.07. The summed E-state index contributed by atoms with van der Waals surface area (Å²) in [5, 5.41) is 0. The zero-order valence-electron chi connectivity index (χ0n) is 21.6. The third-order valence-corrected chi connectivity index (χ3v) is 12.5. The molecule has 0 aromatic heterocycles. The van der Waals surface area contributed by atoms with Crippen molar-refractivity contribution in [3.05, 3.63) is 0 Å². The predicted molar refractivity (Wildman–Crippen MR) is 127 cm³/mol. The molecule has 0 aromatic carbocycles. The van der Waals surface area contributed by atoms with E-state index in [-0.39, 0.29) is 42.0 Å². The first-order valence-electron chi connectivity index (χ1n) is 14.2. The first-order chi connectivity index (χ1) is 16.2. The number of hydrogen-bond donors (Lipinski definition) is 1. The number of methoxy groups -OCH3 is 1. The van der Waals surface area contributed by atoms with Gasteiger partial charge in [-0.3, -0.25) is 0 Å². The molecule has 6 heteroatoms. The van der Waals surface area contributed by atoms with Crippen molar-refractivity contribution in [3.63, 3.8) is 0 Å². The van der Waals surface area contributed by atoms with E-state index < -0.39 is 0 Å². The Kier molecular flexibility index (Phi) is 5.00. The van der Waals surface area contributed by atoms with Gasteiger partial charge in [0.1, 0.15) is 0 Å². The van der Waals surface area contributed by atoms with E-state index in [4.69, 9.17) is 29.4 Å². The largest absolute Gasteiger partial charge is 0.380 e. The molecule has 0 unspecified atom stereocenters. The lowest BCUT2D eigenvalue weighted by atomic mass is 9.43. The summed E-state index contributed by atoms with van der Waals surface area (Å²) in [4.78, 5) is 0. The van der Waals surface area contributed by atoms with Gasteiger partial charge in [0, 0.05) is 24.9 Å². The Morgan fingerprint density at radius 1 is 0.941 bits per heavy atom. The maximum Gasteiger partial charge on any atom is 0.169 e. The number of ether oxygens (including phenoxy) is 5. The molecule has 4 aliphatic carbocycles. The second-order valence-corrected chi connectivity index (χ2v) is 13.5. The van der Waals surface area contributed by atoms with Crippen LogP contribution in [0.3, 0.4) is 0 Å². The van der Waals surface area contributed by atoms with Crippen molar-refractivity contribution in [2.24, 2.45) is 40.2 Å². The molecule has 0 amide bonds. The summed E-state index contributed by atoms with van der Waals surface area (Å²) in [6.45, 7) is 7.85. The normalized spacial score (nSPS) is 62.2. The predicted octanol–water partition coefficient (Wildman–Crippen LogP) is 4.39. The standard InChI is InChI=1S/C28H45NO5/c1-16-24(29)21(30-4)14-23(32-16)33-18-7-10-25(2)17(13-18)5-6-20-19(25)8-11-27-15-31-26(3)22(27)9-12-28(20,27)34-26/h16-24H,5-15,29H2,1-4H3/t16-,17+,18+,19+,20-,21+,22-,23+,24-,25+,26+,27+,28+/m1/s1. The van der Waals surface area contributed by atoms with Gasteiger partial charge >= 0.3 is 0 Å². The summed E-state index contributed by atoms with van der Waals surface area (Å²) < 4.78 is 31.6. The highest BCUT2D eigenvalue weighted by Gasteiger charge is 2.81. The molecule has 3 heterocycles. The van der Waals surface area contributed by atoms with Gasteiger partial charge < -0.3 is 29.4 Å². The SMILES string of the molecule is CO[C@H]1C[C@H](O[C@H]2CC[C@@]3(C)[C@@H](CC[C@@H]4[C@@H]3CC[C@@]35CO[C@@]6(C)O[C@@]43CC[C@H]65)C2)O[C@H](C)[C@H]1N. The maximum absolute atomic E-state index is 7.00. The van der Waals surface area contributed by atoms with Crippen LogP contribution in [0, 0.1) is 34.5 Å². The van der Waals surface area contributed by atoms with Gasteiger partial charge in [0.15, 0.2) is 12.1 Å². The van der Waals surface area contributed by atoms with Crippen LogP contribution in [-0.4, -0.2) is 55.7 Å². The summed E-state index contributed by atoms with van der Waals surface area (Å²) >= 11 is 0. The van der Waals surface area contributed by atoms with Crippen LogP contribution in [0.25, 0.3) is 0 Å². The highest BCUT2D eigenvalue weighted by molar-refractivity contribution is 5.26. The van der Waals surface area contributed by atoms with Crippen molar-refractivity contribution in [2.75, 3.05) is 13.7 Å². The fourth-order valence-electron chi connectivity index (χ4n) is 10.8. The van der Waals surface area contributed by atoms with Crippen LogP contribution < -0.4 is 5.73 Å². The zero-order valence-corrected chi connectivity index (χ0v) is 21.6. The second-order valence-electron chi connectivity index (χ2n) is 13.5. The highest BCUT2D eigenvalue weighted by Crippen LogP contribution is 2.78. The third kappa shape index (κ3) is 2.74. The van der Waals surface area contributed by atoms with Gasteiger partial charge in [0.2, 0.25) is 0 Å². The minimum atomic E-state index is -0.309. The topological polar surface area (TPSA) is 72.2 Å². The van der Waals surface area contributed by atoms with Crippen LogP contribution in [0.15, 0.2) is 0 Å². The Bertz CT molecular complexity index is 840. The molecule has 3 aliphatic heterocycles. The van der Waals surface area contributed by atoms with E-state index in [1.54, 1.807) is 7.11 Å². The monoisotopic (exact) mass is 475 g/mol. The smallest absolute Gasteiger partial charge is 0.169 e. The molecule has 2 N–H and O–H groups in total. The van der Waals surface area contributed by atoms with E-state index in [0.717, 1.165) is 31.3 Å². The van der Waals surface area contributed by atoms with E-state index in [0.29, 0.717) is 22.7 Å². The number of fused-ring (bicyclic) bond motifs is 3. The van der Waals surface area contributed by atoms with Gasteiger partial charge in [0.25, 0.3) is 0 Å². The van der Waals surface area contributed by atoms with Crippen molar-refractivity contribution in [2.45, 2.75) is 127 Å². The molecule has 192 valence electrons.